The predicted molar refractivity (Wildman–Crippen MR) is 78.9 cm³/mol. The number of hydrogen-bond donors (Lipinski definition) is 1. The van der Waals surface area contributed by atoms with Gasteiger partial charge in [0.1, 0.15) is 0 Å². The molecule has 1 aliphatic carbocycles. The van der Waals surface area contributed by atoms with Crippen molar-refractivity contribution in [3.8, 4) is 0 Å². The van der Waals surface area contributed by atoms with Crippen LogP contribution in [0.4, 0.5) is 0 Å². The molecule has 106 valence electrons. The number of nitrogens with zero attached hydrogens (tertiary/aromatic N) is 1. The highest BCUT2D eigenvalue weighted by Crippen LogP contribution is 2.32. The fraction of sp³-hybridized carbons (Fsp3) is 1.00. The van der Waals surface area contributed by atoms with Crippen LogP contribution < -0.4 is 5.32 Å². The maximum absolute atomic E-state index is 3.52. The van der Waals surface area contributed by atoms with E-state index in [1.54, 1.807) is 0 Å². The molecule has 0 amide bonds. The molecule has 1 heterocycles. The molecule has 2 nitrogen and oxygen atoms in total. The van der Waals surface area contributed by atoms with Gasteiger partial charge in [-0.15, -0.1) is 0 Å². The summed E-state index contributed by atoms with van der Waals surface area (Å²) in [5.41, 5.74) is 0. The second-order valence-corrected chi connectivity index (χ2v) is 6.44. The van der Waals surface area contributed by atoms with E-state index >= 15 is 0 Å². The van der Waals surface area contributed by atoms with Crippen LogP contribution in [-0.2, 0) is 0 Å². The van der Waals surface area contributed by atoms with Gasteiger partial charge in [0.05, 0.1) is 0 Å². The van der Waals surface area contributed by atoms with Crippen molar-refractivity contribution in [3.63, 3.8) is 0 Å². The Balaban J connectivity index is 1.89. The lowest BCUT2D eigenvalue weighted by atomic mass is 9.81. The van der Waals surface area contributed by atoms with Crippen molar-refractivity contribution in [2.75, 3.05) is 20.1 Å². The second-order valence-electron chi connectivity index (χ2n) is 6.44. The topological polar surface area (TPSA) is 15.3 Å². The zero-order valence-electron chi connectivity index (χ0n) is 12.6. The van der Waals surface area contributed by atoms with Gasteiger partial charge in [-0.2, -0.15) is 0 Å². The van der Waals surface area contributed by atoms with E-state index in [2.05, 4.69) is 31.1 Å². The van der Waals surface area contributed by atoms with E-state index in [0.717, 1.165) is 23.9 Å². The lowest BCUT2D eigenvalue weighted by molar-refractivity contribution is 0.0644. The molecule has 2 aliphatic rings. The van der Waals surface area contributed by atoms with Gasteiger partial charge in [-0.25, -0.2) is 0 Å². The molecule has 0 radical (unpaired) electrons. The molecule has 1 aliphatic heterocycles. The average molecular weight is 252 g/mol. The van der Waals surface area contributed by atoms with Crippen LogP contribution in [0.5, 0.6) is 0 Å². The summed E-state index contributed by atoms with van der Waals surface area (Å²) >= 11 is 0. The zero-order valence-corrected chi connectivity index (χ0v) is 12.6. The summed E-state index contributed by atoms with van der Waals surface area (Å²) in [7, 11) is 2.14. The highest BCUT2D eigenvalue weighted by atomic mass is 15.2. The van der Waals surface area contributed by atoms with Crippen molar-refractivity contribution >= 4 is 0 Å². The molecule has 4 atom stereocenters. The Morgan fingerprint density at radius 1 is 1.11 bits per heavy atom. The molecular weight excluding hydrogens is 220 g/mol. The maximum atomic E-state index is 3.52. The molecule has 2 rings (SSSR count). The van der Waals surface area contributed by atoms with Crippen molar-refractivity contribution < 1.29 is 0 Å². The van der Waals surface area contributed by atoms with Gasteiger partial charge < -0.3 is 5.32 Å². The van der Waals surface area contributed by atoms with Crippen LogP contribution in [-0.4, -0.2) is 37.1 Å². The number of hydrogen-bond acceptors (Lipinski definition) is 2. The first kappa shape index (κ1) is 14.3. The van der Waals surface area contributed by atoms with Crippen LogP contribution >= 0.6 is 0 Å². The fourth-order valence-corrected chi connectivity index (χ4v) is 4.15. The normalized spacial score (nSPS) is 38.8. The number of piperidine rings is 1. The van der Waals surface area contributed by atoms with Crippen LogP contribution in [0.25, 0.3) is 0 Å². The van der Waals surface area contributed by atoms with Gasteiger partial charge in [0, 0.05) is 18.6 Å². The summed E-state index contributed by atoms with van der Waals surface area (Å²) in [5, 5.41) is 3.52. The minimum atomic E-state index is 0.761. The van der Waals surface area contributed by atoms with Crippen molar-refractivity contribution in [3.05, 3.63) is 0 Å². The molecule has 0 aromatic rings. The Bertz CT molecular complexity index is 241. The van der Waals surface area contributed by atoms with E-state index in [1.807, 2.05) is 0 Å². The third kappa shape index (κ3) is 3.27. The average Bonchev–Trinajstić information content (AvgIpc) is 2.46. The summed E-state index contributed by atoms with van der Waals surface area (Å²) in [6.07, 6.45) is 9.94. The highest BCUT2D eigenvalue weighted by Gasteiger charge is 2.32. The molecule has 2 heteroatoms. The summed E-state index contributed by atoms with van der Waals surface area (Å²) in [4.78, 5) is 2.82. The van der Waals surface area contributed by atoms with Crippen LogP contribution in [0.15, 0.2) is 0 Å². The van der Waals surface area contributed by atoms with Gasteiger partial charge in [0.15, 0.2) is 0 Å². The van der Waals surface area contributed by atoms with Crippen LogP contribution in [0.2, 0.25) is 0 Å². The summed E-state index contributed by atoms with van der Waals surface area (Å²) in [6.45, 7) is 7.38. The fourth-order valence-electron chi connectivity index (χ4n) is 4.15. The molecule has 0 bridgehead atoms. The molecule has 4 unspecified atom stereocenters. The molecule has 1 saturated carbocycles. The first-order valence-electron chi connectivity index (χ1n) is 8.19. The van der Waals surface area contributed by atoms with E-state index in [0.29, 0.717) is 0 Å². The first-order chi connectivity index (χ1) is 8.78. The van der Waals surface area contributed by atoms with Crippen LogP contribution in [0.1, 0.15) is 58.8 Å². The second kappa shape index (κ2) is 6.91. The maximum Gasteiger partial charge on any atom is 0.0117 e. The third-order valence-corrected chi connectivity index (χ3v) is 5.51. The molecule has 1 N–H and O–H groups in total. The number of likely N-dealkylation sites (tertiary alicyclic amines) is 1. The van der Waals surface area contributed by atoms with E-state index in [4.69, 9.17) is 0 Å². The van der Waals surface area contributed by atoms with Gasteiger partial charge in [-0.1, -0.05) is 39.5 Å². The number of nitrogens with one attached hydrogen (secondary N) is 1. The highest BCUT2D eigenvalue weighted by molar-refractivity contribution is 4.88. The Hall–Kier alpha value is -0.0800. The van der Waals surface area contributed by atoms with E-state index < -0.39 is 0 Å². The molecule has 0 aromatic heterocycles. The van der Waals surface area contributed by atoms with E-state index in [1.165, 1.54) is 58.0 Å². The first-order valence-corrected chi connectivity index (χ1v) is 8.19. The van der Waals surface area contributed by atoms with E-state index in [9.17, 15) is 0 Å². The smallest absolute Gasteiger partial charge is 0.0117 e. The standard InChI is InChI=1S/C16H32N2/c1-4-13-7-6-8-15(11-13)18-10-9-16(17-3)14(5-2)12-18/h13-17H,4-12H2,1-3H3. The van der Waals surface area contributed by atoms with Crippen molar-refractivity contribution in [1.82, 2.24) is 10.2 Å². The van der Waals surface area contributed by atoms with Gasteiger partial charge >= 0.3 is 0 Å². The quantitative estimate of drug-likeness (QED) is 0.826. The van der Waals surface area contributed by atoms with Gasteiger partial charge in [-0.05, 0) is 44.7 Å². The number of rotatable bonds is 4. The lowest BCUT2D eigenvalue weighted by Gasteiger charge is -2.44. The molecule has 0 aromatic carbocycles. The van der Waals surface area contributed by atoms with Crippen LogP contribution in [0, 0.1) is 11.8 Å². The SMILES string of the molecule is CCC1CCCC(N2CCC(NC)C(CC)C2)C1. The Kier molecular flexibility index (Phi) is 5.50. The molecule has 1 saturated heterocycles. The summed E-state index contributed by atoms with van der Waals surface area (Å²) < 4.78 is 0. The molecular formula is C16H32N2. The summed E-state index contributed by atoms with van der Waals surface area (Å²) in [5.74, 6) is 1.87. The zero-order chi connectivity index (χ0) is 13.0. The van der Waals surface area contributed by atoms with Crippen molar-refractivity contribution in [2.24, 2.45) is 11.8 Å². The minimum Gasteiger partial charge on any atom is -0.317 e. The minimum absolute atomic E-state index is 0.761. The third-order valence-electron chi connectivity index (χ3n) is 5.51. The van der Waals surface area contributed by atoms with Gasteiger partial charge in [-0.3, -0.25) is 4.90 Å². The molecule has 18 heavy (non-hydrogen) atoms. The van der Waals surface area contributed by atoms with Gasteiger partial charge in [0.25, 0.3) is 0 Å². The van der Waals surface area contributed by atoms with Crippen LogP contribution in [0.3, 0.4) is 0 Å². The summed E-state index contributed by atoms with van der Waals surface area (Å²) in [6, 6.07) is 1.66. The van der Waals surface area contributed by atoms with E-state index in [-0.39, 0.29) is 0 Å². The predicted octanol–water partition coefficient (Wildman–Crippen LogP) is 3.28. The Labute approximate surface area is 114 Å². The molecule has 0 spiro atoms. The largest absolute Gasteiger partial charge is 0.317 e. The van der Waals surface area contributed by atoms with Crippen molar-refractivity contribution in [2.45, 2.75) is 70.9 Å². The molecule has 2 fully saturated rings. The monoisotopic (exact) mass is 252 g/mol. The lowest BCUT2D eigenvalue weighted by Crippen LogP contribution is -2.52. The Morgan fingerprint density at radius 3 is 2.61 bits per heavy atom. The van der Waals surface area contributed by atoms with Crippen molar-refractivity contribution in [1.29, 1.82) is 0 Å². The van der Waals surface area contributed by atoms with Gasteiger partial charge in [0.2, 0.25) is 0 Å². The Morgan fingerprint density at radius 2 is 1.94 bits per heavy atom.